The summed E-state index contributed by atoms with van der Waals surface area (Å²) < 4.78 is 13.4. The van der Waals surface area contributed by atoms with Gasteiger partial charge in [0.1, 0.15) is 17.5 Å². The number of benzene rings is 1. The Morgan fingerprint density at radius 2 is 2.03 bits per heavy atom. The second kappa shape index (κ2) is 10.9. The first kappa shape index (κ1) is 22.7. The molecule has 2 fully saturated rings. The molecule has 4 rings (SSSR count). The van der Waals surface area contributed by atoms with E-state index in [1.165, 1.54) is 6.42 Å². The van der Waals surface area contributed by atoms with Crippen LogP contribution >= 0.6 is 0 Å². The van der Waals surface area contributed by atoms with Crippen LogP contribution in [0.5, 0.6) is 5.75 Å². The van der Waals surface area contributed by atoms with E-state index in [0.29, 0.717) is 6.54 Å². The highest BCUT2D eigenvalue weighted by molar-refractivity contribution is 5.79. The predicted molar refractivity (Wildman–Crippen MR) is 120 cm³/mol. The van der Waals surface area contributed by atoms with Gasteiger partial charge in [-0.3, -0.25) is 9.48 Å². The fraction of sp³-hybridized carbons (Fsp3) is 0.625. The molecule has 1 amide bonds. The summed E-state index contributed by atoms with van der Waals surface area (Å²) in [4.78, 5) is 12.6. The van der Waals surface area contributed by atoms with E-state index in [1.807, 2.05) is 35.1 Å². The number of carbonyl (C=O) groups is 1. The standard InChI is InChI=1S/C24H34N4O4/c1-31-22-10-6-5-9-19(22)21-15-28(27-26-21)14-13-18-11-12-20(23(16-29)32-18)25-24(30)17-7-3-2-4-8-17/h5-6,9-10,15,17-18,20,23,29H,2-4,7-8,11-14,16H2,1H3,(H,25,30)/t18-,20-,23-/m0/s1. The molecule has 0 bridgehead atoms. The van der Waals surface area contributed by atoms with E-state index >= 15 is 0 Å². The Kier molecular flexibility index (Phi) is 7.76. The van der Waals surface area contributed by atoms with Gasteiger partial charge in [0.05, 0.1) is 32.1 Å². The average Bonchev–Trinajstić information content (AvgIpc) is 3.32. The number of amides is 1. The normalized spacial score (nSPS) is 24.2. The third-order valence-electron chi connectivity index (χ3n) is 6.70. The van der Waals surface area contributed by atoms with Crippen LogP contribution in [0.4, 0.5) is 0 Å². The number of carbonyl (C=O) groups excluding carboxylic acids is 1. The van der Waals surface area contributed by atoms with Crippen LogP contribution < -0.4 is 10.1 Å². The molecule has 2 aliphatic rings. The van der Waals surface area contributed by atoms with Crippen molar-refractivity contribution >= 4 is 5.91 Å². The molecule has 0 unspecified atom stereocenters. The minimum Gasteiger partial charge on any atom is -0.496 e. The molecular weight excluding hydrogens is 408 g/mol. The quantitative estimate of drug-likeness (QED) is 0.652. The number of nitrogens with one attached hydrogen (secondary N) is 1. The molecule has 8 nitrogen and oxygen atoms in total. The molecular formula is C24H34N4O4. The molecule has 8 heteroatoms. The minimum atomic E-state index is -0.360. The van der Waals surface area contributed by atoms with Crippen molar-refractivity contribution < 1.29 is 19.4 Å². The van der Waals surface area contributed by atoms with E-state index in [4.69, 9.17) is 9.47 Å². The maximum Gasteiger partial charge on any atom is 0.223 e. The van der Waals surface area contributed by atoms with E-state index in [1.54, 1.807) is 7.11 Å². The fourth-order valence-electron chi connectivity index (χ4n) is 4.84. The molecule has 1 saturated carbocycles. The van der Waals surface area contributed by atoms with Crippen LogP contribution in [-0.2, 0) is 16.1 Å². The van der Waals surface area contributed by atoms with Gasteiger partial charge in [-0.25, -0.2) is 0 Å². The van der Waals surface area contributed by atoms with Crippen molar-refractivity contribution in [2.45, 2.75) is 76.2 Å². The van der Waals surface area contributed by atoms with Gasteiger partial charge in [-0.15, -0.1) is 5.10 Å². The maximum atomic E-state index is 12.6. The minimum absolute atomic E-state index is 0.0221. The van der Waals surface area contributed by atoms with E-state index in [2.05, 4.69) is 15.6 Å². The van der Waals surface area contributed by atoms with E-state index < -0.39 is 0 Å². The van der Waals surface area contributed by atoms with Gasteiger partial charge in [-0.05, 0) is 44.2 Å². The highest BCUT2D eigenvalue weighted by Gasteiger charge is 2.33. The van der Waals surface area contributed by atoms with Crippen molar-refractivity contribution in [1.29, 1.82) is 0 Å². The number of aromatic nitrogens is 3. The third kappa shape index (κ3) is 5.48. The SMILES string of the molecule is COc1ccccc1-c1cn(CC[C@@H]2CC[C@H](NC(=O)C3CCCCC3)[C@H](CO)O2)nn1. The number of rotatable bonds is 8. The van der Waals surface area contributed by atoms with Crippen LogP contribution in [0.2, 0.25) is 0 Å². The van der Waals surface area contributed by atoms with Crippen molar-refractivity contribution in [2.24, 2.45) is 5.92 Å². The lowest BCUT2D eigenvalue weighted by atomic mass is 9.88. The van der Waals surface area contributed by atoms with E-state index in [9.17, 15) is 9.90 Å². The molecule has 0 radical (unpaired) electrons. The average molecular weight is 443 g/mol. The Morgan fingerprint density at radius 3 is 2.81 bits per heavy atom. The molecule has 1 aliphatic heterocycles. The Morgan fingerprint density at radius 1 is 1.22 bits per heavy atom. The van der Waals surface area contributed by atoms with Gasteiger partial charge in [0, 0.05) is 18.0 Å². The molecule has 2 aromatic rings. The lowest BCUT2D eigenvalue weighted by Gasteiger charge is -2.37. The molecule has 2 N–H and O–H groups in total. The molecule has 32 heavy (non-hydrogen) atoms. The molecule has 0 spiro atoms. The first-order chi connectivity index (χ1) is 15.7. The van der Waals surface area contributed by atoms with Gasteiger partial charge in [0.2, 0.25) is 5.91 Å². The summed E-state index contributed by atoms with van der Waals surface area (Å²) >= 11 is 0. The number of nitrogens with zero attached hydrogens (tertiary/aromatic N) is 3. The summed E-state index contributed by atoms with van der Waals surface area (Å²) in [5.74, 6) is 1.01. The van der Waals surface area contributed by atoms with Gasteiger partial charge in [-0.2, -0.15) is 0 Å². The van der Waals surface area contributed by atoms with Crippen molar-refractivity contribution in [3.63, 3.8) is 0 Å². The summed E-state index contributed by atoms with van der Waals surface area (Å²) in [7, 11) is 1.64. The lowest BCUT2D eigenvalue weighted by molar-refractivity contribution is -0.133. The maximum absolute atomic E-state index is 12.6. The van der Waals surface area contributed by atoms with E-state index in [-0.39, 0.29) is 36.7 Å². The van der Waals surface area contributed by atoms with Crippen LogP contribution in [0.15, 0.2) is 30.5 Å². The van der Waals surface area contributed by atoms with Gasteiger partial charge in [-0.1, -0.05) is 36.6 Å². The highest BCUT2D eigenvalue weighted by Crippen LogP contribution is 2.28. The summed E-state index contributed by atoms with van der Waals surface area (Å²) in [6, 6.07) is 7.63. The molecule has 1 saturated heterocycles. The predicted octanol–water partition coefficient (Wildman–Crippen LogP) is 2.95. The van der Waals surface area contributed by atoms with E-state index in [0.717, 1.165) is 62.0 Å². The number of hydrogen-bond acceptors (Lipinski definition) is 6. The Balaban J connectivity index is 1.28. The van der Waals surface area contributed by atoms with Gasteiger partial charge < -0.3 is 19.9 Å². The van der Waals surface area contributed by atoms with Crippen LogP contribution in [0.25, 0.3) is 11.3 Å². The second-order valence-electron chi connectivity index (χ2n) is 8.86. The first-order valence-corrected chi connectivity index (χ1v) is 11.8. The van der Waals surface area contributed by atoms with Crippen molar-refractivity contribution in [3.05, 3.63) is 30.5 Å². The number of aryl methyl sites for hydroxylation is 1. The Bertz CT molecular complexity index is 880. The summed E-state index contributed by atoms with van der Waals surface area (Å²) in [6.07, 6.45) is 9.45. The second-order valence-corrected chi connectivity index (χ2v) is 8.86. The zero-order chi connectivity index (χ0) is 22.3. The monoisotopic (exact) mass is 442 g/mol. The molecule has 1 aromatic carbocycles. The van der Waals surface area contributed by atoms with Crippen molar-refractivity contribution in [1.82, 2.24) is 20.3 Å². The largest absolute Gasteiger partial charge is 0.496 e. The smallest absolute Gasteiger partial charge is 0.223 e. The highest BCUT2D eigenvalue weighted by atomic mass is 16.5. The lowest BCUT2D eigenvalue weighted by Crippen LogP contribution is -2.52. The third-order valence-corrected chi connectivity index (χ3v) is 6.70. The zero-order valence-corrected chi connectivity index (χ0v) is 18.8. The molecule has 174 valence electrons. The van der Waals surface area contributed by atoms with Crippen LogP contribution in [0.3, 0.4) is 0 Å². The Hall–Kier alpha value is -2.45. The fourth-order valence-corrected chi connectivity index (χ4v) is 4.84. The number of ether oxygens (including phenoxy) is 2. The zero-order valence-electron chi connectivity index (χ0n) is 18.8. The molecule has 1 aliphatic carbocycles. The summed E-state index contributed by atoms with van der Waals surface area (Å²) in [6.45, 7) is 0.581. The van der Waals surface area contributed by atoms with Gasteiger partial charge in [0.15, 0.2) is 0 Å². The van der Waals surface area contributed by atoms with Crippen LogP contribution in [-0.4, -0.2) is 58.0 Å². The van der Waals surface area contributed by atoms with Crippen molar-refractivity contribution in [3.8, 4) is 17.0 Å². The number of para-hydroxylation sites is 1. The van der Waals surface area contributed by atoms with Crippen molar-refractivity contribution in [2.75, 3.05) is 13.7 Å². The van der Waals surface area contributed by atoms with Crippen LogP contribution in [0.1, 0.15) is 51.4 Å². The number of hydrogen-bond donors (Lipinski definition) is 2. The molecule has 1 aromatic heterocycles. The first-order valence-electron chi connectivity index (χ1n) is 11.8. The van der Waals surface area contributed by atoms with Gasteiger partial charge in [0.25, 0.3) is 0 Å². The summed E-state index contributed by atoms with van der Waals surface area (Å²) in [5, 5.41) is 21.5. The molecule has 3 atom stereocenters. The van der Waals surface area contributed by atoms with Crippen LogP contribution in [0, 0.1) is 5.92 Å². The molecule has 2 heterocycles. The number of aliphatic hydroxyl groups excluding tert-OH is 1. The number of methoxy groups -OCH3 is 1. The summed E-state index contributed by atoms with van der Waals surface area (Å²) in [5.41, 5.74) is 1.68. The number of aliphatic hydroxyl groups is 1. The van der Waals surface area contributed by atoms with Gasteiger partial charge >= 0.3 is 0 Å². The Labute approximate surface area is 189 Å². The topological polar surface area (TPSA) is 98.5 Å².